The second-order valence-corrected chi connectivity index (χ2v) is 4.12. The van der Waals surface area contributed by atoms with Gasteiger partial charge in [0.25, 0.3) is 0 Å². The molecule has 5 nitrogen and oxygen atoms in total. The van der Waals surface area contributed by atoms with E-state index >= 15 is 0 Å². The predicted octanol–water partition coefficient (Wildman–Crippen LogP) is 2.00. The summed E-state index contributed by atoms with van der Waals surface area (Å²) in [5, 5.41) is 0. The Morgan fingerprint density at radius 3 is 2.67 bits per heavy atom. The first kappa shape index (κ1) is 10.8. The van der Waals surface area contributed by atoms with Crippen molar-refractivity contribution in [1.29, 1.82) is 0 Å². The number of ether oxygens (including phenoxy) is 1. The Morgan fingerprint density at radius 1 is 1.17 bits per heavy atom. The van der Waals surface area contributed by atoms with Crippen molar-refractivity contribution in [2.45, 2.75) is 19.4 Å². The van der Waals surface area contributed by atoms with E-state index in [0.717, 1.165) is 5.56 Å². The number of fused-ring (bicyclic) bond motifs is 1. The predicted molar refractivity (Wildman–Crippen MR) is 60.3 cm³/mol. The van der Waals surface area contributed by atoms with Gasteiger partial charge in [-0.25, -0.2) is 9.59 Å². The van der Waals surface area contributed by atoms with Crippen LogP contribution < -0.4 is 5.82 Å². The van der Waals surface area contributed by atoms with Gasteiger partial charge in [0, 0.05) is 5.56 Å². The lowest BCUT2D eigenvalue weighted by molar-refractivity contribution is 0.0377. The number of carbonyl (C=O) groups is 1. The molecule has 1 aliphatic heterocycles. The molecular weight excluding hydrogens is 236 g/mol. The molecule has 0 saturated heterocycles. The maximum Gasteiger partial charge on any atom is 0.519 e. The van der Waals surface area contributed by atoms with Crippen LogP contribution in [-0.4, -0.2) is 5.97 Å². The molecule has 1 aromatic carbocycles. The molecule has 0 aliphatic carbocycles. The van der Waals surface area contributed by atoms with Gasteiger partial charge in [-0.2, -0.15) is 0 Å². The highest BCUT2D eigenvalue weighted by Gasteiger charge is 2.32. The smallest absolute Gasteiger partial charge is 0.453 e. The van der Waals surface area contributed by atoms with Crippen LogP contribution in [0.25, 0.3) is 0 Å². The first-order valence-corrected chi connectivity index (χ1v) is 5.54. The Morgan fingerprint density at radius 2 is 1.94 bits per heavy atom. The minimum atomic E-state index is -0.736. The van der Waals surface area contributed by atoms with Crippen molar-refractivity contribution in [3.8, 4) is 0 Å². The van der Waals surface area contributed by atoms with Gasteiger partial charge in [0.15, 0.2) is 5.76 Å². The highest BCUT2D eigenvalue weighted by molar-refractivity contribution is 5.94. The van der Waals surface area contributed by atoms with Crippen LogP contribution in [0.2, 0.25) is 0 Å². The van der Waals surface area contributed by atoms with Gasteiger partial charge in [-0.3, -0.25) is 0 Å². The van der Waals surface area contributed by atoms with Crippen LogP contribution in [0.3, 0.4) is 0 Å². The molecule has 0 spiro atoms. The molecule has 1 unspecified atom stereocenters. The fraction of sp³-hybridized carbons (Fsp3) is 0.231. The van der Waals surface area contributed by atoms with Crippen molar-refractivity contribution in [3.63, 3.8) is 0 Å². The summed E-state index contributed by atoms with van der Waals surface area (Å²) in [5.74, 6) is -0.255. The molecule has 0 fully saturated rings. The van der Waals surface area contributed by atoms with Gasteiger partial charge in [-0.1, -0.05) is 18.2 Å². The Bertz CT molecular complexity index is 664. The average Bonchev–Trinajstić information content (AvgIpc) is 2.82. The number of esters is 1. The van der Waals surface area contributed by atoms with E-state index < -0.39 is 11.9 Å². The summed E-state index contributed by atoms with van der Waals surface area (Å²) in [7, 11) is 0. The Labute approximate surface area is 102 Å². The fourth-order valence-corrected chi connectivity index (χ4v) is 2.10. The maximum atomic E-state index is 11.6. The lowest BCUT2D eigenvalue weighted by Crippen LogP contribution is -2.03. The molecule has 2 aromatic rings. The number of rotatable bonds is 2. The number of carbonyl (C=O) groups excluding carboxylic acids is 1. The SMILES string of the molecule is Cc1oc(=O)oc1CC1OC(=O)c2ccccc21. The van der Waals surface area contributed by atoms with Crippen LogP contribution in [0, 0.1) is 6.92 Å². The van der Waals surface area contributed by atoms with Crippen molar-refractivity contribution in [2.24, 2.45) is 0 Å². The molecule has 18 heavy (non-hydrogen) atoms. The van der Waals surface area contributed by atoms with Crippen LogP contribution >= 0.6 is 0 Å². The summed E-state index contributed by atoms with van der Waals surface area (Å²) in [6.07, 6.45) is -0.117. The number of benzene rings is 1. The Kier molecular flexibility index (Phi) is 2.33. The number of hydrogen-bond acceptors (Lipinski definition) is 5. The molecule has 0 amide bonds. The third-order valence-electron chi connectivity index (χ3n) is 2.98. The lowest BCUT2D eigenvalue weighted by atomic mass is 10.0. The average molecular weight is 246 g/mol. The second-order valence-electron chi connectivity index (χ2n) is 4.12. The highest BCUT2D eigenvalue weighted by Crippen LogP contribution is 2.33. The summed E-state index contributed by atoms with van der Waals surface area (Å²) in [6.45, 7) is 1.64. The first-order valence-electron chi connectivity index (χ1n) is 5.54. The summed E-state index contributed by atoms with van der Waals surface area (Å²) >= 11 is 0. The molecule has 1 aromatic heterocycles. The van der Waals surface area contributed by atoms with E-state index in [4.69, 9.17) is 13.6 Å². The van der Waals surface area contributed by atoms with E-state index in [1.165, 1.54) is 0 Å². The first-order chi connectivity index (χ1) is 8.65. The van der Waals surface area contributed by atoms with E-state index in [2.05, 4.69) is 0 Å². The zero-order valence-electron chi connectivity index (χ0n) is 9.64. The van der Waals surface area contributed by atoms with Crippen molar-refractivity contribution in [3.05, 3.63) is 57.5 Å². The third kappa shape index (κ3) is 1.64. The molecule has 0 radical (unpaired) electrons. The molecular formula is C13H10O5. The van der Waals surface area contributed by atoms with Crippen molar-refractivity contribution in [1.82, 2.24) is 0 Å². The monoisotopic (exact) mass is 246 g/mol. The number of hydrogen-bond donors (Lipinski definition) is 0. The molecule has 1 atom stereocenters. The van der Waals surface area contributed by atoms with Crippen LogP contribution in [0.1, 0.15) is 33.5 Å². The minimum absolute atomic E-state index is 0.306. The van der Waals surface area contributed by atoms with Crippen molar-refractivity contribution < 1.29 is 18.4 Å². The third-order valence-corrected chi connectivity index (χ3v) is 2.98. The van der Waals surface area contributed by atoms with Gasteiger partial charge in [-0.05, 0) is 13.0 Å². The lowest BCUT2D eigenvalue weighted by Gasteiger charge is -2.08. The highest BCUT2D eigenvalue weighted by atomic mass is 16.6. The topological polar surface area (TPSA) is 69.7 Å². The molecule has 92 valence electrons. The van der Waals surface area contributed by atoms with E-state index in [0.29, 0.717) is 23.5 Å². The summed E-state index contributed by atoms with van der Waals surface area (Å²) < 4.78 is 14.9. The normalized spacial score (nSPS) is 17.6. The summed E-state index contributed by atoms with van der Waals surface area (Å²) in [4.78, 5) is 22.6. The number of aryl methyl sites for hydroxylation is 1. The molecule has 0 N–H and O–H groups in total. The molecule has 1 aliphatic rings. The Hall–Kier alpha value is -2.30. The summed E-state index contributed by atoms with van der Waals surface area (Å²) in [6, 6.07) is 7.17. The molecule has 5 heteroatoms. The van der Waals surface area contributed by atoms with Gasteiger partial charge in [0.05, 0.1) is 12.0 Å². The molecule has 0 bridgehead atoms. The molecule has 2 heterocycles. The van der Waals surface area contributed by atoms with E-state index in [1.807, 2.05) is 12.1 Å². The molecule has 0 saturated carbocycles. The van der Waals surface area contributed by atoms with Crippen molar-refractivity contribution >= 4 is 5.97 Å². The fourth-order valence-electron chi connectivity index (χ4n) is 2.10. The quantitative estimate of drug-likeness (QED) is 0.758. The van der Waals surface area contributed by atoms with Crippen LogP contribution in [0.4, 0.5) is 0 Å². The summed E-state index contributed by atoms with van der Waals surface area (Å²) in [5.41, 5.74) is 1.37. The van der Waals surface area contributed by atoms with Crippen LogP contribution in [0.5, 0.6) is 0 Å². The zero-order chi connectivity index (χ0) is 12.7. The van der Waals surface area contributed by atoms with E-state index in [9.17, 15) is 9.59 Å². The zero-order valence-corrected chi connectivity index (χ0v) is 9.64. The second kappa shape index (κ2) is 3.87. The largest absolute Gasteiger partial charge is 0.519 e. The van der Waals surface area contributed by atoms with Gasteiger partial charge in [0.1, 0.15) is 11.9 Å². The Balaban J connectivity index is 1.94. The van der Waals surface area contributed by atoms with Gasteiger partial charge in [0.2, 0.25) is 0 Å². The van der Waals surface area contributed by atoms with Crippen LogP contribution in [-0.2, 0) is 11.2 Å². The van der Waals surface area contributed by atoms with Crippen molar-refractivity contribution in [2.75, 3.05) is 0 Å². The van der Waals surface area contributed by atoms with Crippen LogP contribution in [0.15, 0.2) is 37.9 Å². The van der Waals surface area contributed by atoms with E-state index in [1.54, 1.807) is 19.1 Å². The van der Waals surface area contributed by atoms with Gasteiger partial charge >= 0.3 is 11.8 Å². The van der Waals surface area contributed by atoms with Gasteiger partial charge in [-0.15, -0.1) is 0 Å². The van der Waals surface area contributed by atoms with E-state index in [-0.39, 0.29) is 5.97 Å². The number of cyclic esters (lactones) is 1. The minimum Gasteiger partial charge on any atom is -0.453 e. The molecule has 3 rings (SSSR count). The maximum absolute atomic E-state index is 11.6. The van der Waals surface area contributed by atoms with Gasteiger partial charge < -0.3 is 13.6 Å². The standard InChI is InChI=1S/C13H10O5/c1-7-10(18-13(15)16-7)6-11-8-4-2-3-5-9(8)12(14)17-11/h2-5,11H,6H2,1H3.